The first-order valence-electron chi connectivity index (χ1n) is 10.7. The van der Waals surface area contributed by atoms with Crippen molar-refractivity contribution in [2.24, 2.45) is 11.7 Å². The van der Waals surface area contributed by atoms with Crippen LogP contribution >= 0.6 is 0 Å². The lowest BCUT2D eigenvalue weighted by Gasteiger charge is -2.41. The highest BCUT2D eigenvalue weighted by Gasteiger charge is 2.40. The molecule has 4 heteroatoms. The molecule has 0 spiro atoms. The molecule has 0 saturated carbocycles. The van der Waals surface area contributed by atoms with E-state index in [2.05, 4.69) is 39.5 Å². The van der Waals surface area contributed by atoms with Gasteiger partial charge in [0.2, 0.25) is 0 Å². The van der Waals surface area contributed by atoms with Gasteiger partial charge in [-0.25, -0.2) is 0 Å². The number of hydrogen-bond acceptors (Lipinski definition) is 4. The van der Waals surface area contributed by atoms with Gasteiger partial charge in [-0.1, -0.05) is 47.5 Å². The molecule has 0 aliphatic carbocycles. The van der Waals surface area contributed by atoms with Crippen LogP contribution in [0.15, 0.2) is 22.6 Å². The fourth-order valence-corrected chi connectivity index (χ4v) is 4.28. The van der Waals surface area contributed by atoms with Crippen LogP contribution in [0.25, 0.3) is 11.0 Å². The molecule has 2 aliphatic heterocycles. The van der Waals surface area contributed by atoms with E-state index in [4.69, 9.17) is 10.2 Å². The molecule has 1 aromatic heterocycles. The predicted octanol–water partition coefficient (Wildman–Crippen LogP) is 5.28. The van der Waals surface area contributed by atoms with E-state index >= 15 is 0 Å². The van der Waals surface area contributed by atoms with Crippen LogP contribution < -0.4 is 5.73 Å². The Morgan fingerprint density at radius 2 is 1.85 bits per heavy atom. The average Bonchev–Trinajstić information content (AvgIpc) is 2.94. The average molecular weight is 375 g/mol. The highest BCUT2D eigenvalue weighted by Crippen LogP contribution is 2.43. The number of nitrogens with zero attached hydrogens (tertiary/aromatic N) is 1. The molecule has 4 atom stereocenters. The molecule has 4 nitrogen and oxygen atoms in total. The zero-order valence-electron chi connectivity index (χ0n) is 17.8. The second-order valence-electron chi connectivity index (χ2n) is 8.03. The topological polar surface area (TPSA) is 62.6 Å². The molecule has 4 unspecified atom stereocenters. The number of nitrogens with two attached hydrogens (primary N) is 1. The van der Waals surface area contributed by atoms with E-state index in [-0.39, 0.29) is 0 Å². The van der Waals surface area contributed by atoms with E-state index in [9.17, 15) is 5.11 Å². The maximum atomic E-state index is 9.78. The summed E-state index contributed by atoms with van der Waals surface area (Å²) in [5.41, 5.74) is 8.23. The van der Waals surface area contributed by atoms with Crippen LogP contribution in [-0.4, -0.2) is 35.7 Å². The van der Waals surface area contributed by atoms with Crippen molar-refractivity contribution in [2.45, 2.75) is 72.3 Å². The number of hydrogen-bond donors (Lipinski definition) is 2. The predicted molar refractivity (Wildman–Crippen MR) is 114 cm³/mol. The van der Waals surface area contributed by atoms with Gasteiger partial charge in [0, 0.05) is 42.5 Å². The van der Waals surface area contributed by atoms with E-state index in [0.717, 1.165) is 42.7 Å². The molecule has 3 heterocycles. The van der Waals surface area contributed by atoms with E-state index in [1.807, 2.05) is 12.1 Å². The third-order valence-electron chi connectivity index (χ3n) is 5.17. The third-order valence-corrected chi connectivity index (χ3v) is 5.17. The highest BCUT2D eigenvalue weighted by atomic mass is 16.3. The first-order chi connectivity index (χ1) is 13.0. The fourth-order valence-electron chi connectivity index (χ4n) is 4.28. The lowest BCUT2D eigenvalue weighted by molar-refractivity contribution is 0.0983. The molecule has 0 amide bonds. The van der Waals surface area contributed by atoms with Gasteiger partial charge >= 0.3 is 0 Å². The van der Waals surface area contributed by atoms with Crippen LogP contribution in [0.4, 0.5) is 0 Å². The van der Waals surface area contributed by atoms with Gasteiger partial charge in [0.1, 0.15) is 17.1 Å². The summed E-state index contributed by atoms with van der Waals surface area (Å²) in [6.45, 7) is 13.6. The number of piperidine rings is 1. The van der Waals surface area contributed by atoms with Gasteiger partial charge < -0.3 is 15.3 Å². The van der Waals surface area contributed by atoms with Crippen molar-refractivity contribution in [3.8, 4) is 5.75 Å². The quantitative estimate of drug-likeness (QED) is 0.713. The standard InChI is InChI=1S/C17H22N2O2.2C3H8/c1-10-6-14-15(8-18)19(9-10)5-4-12-13-7-11(20)2-3-16(13)21-17(12)14;2*1-3-2/h2-3,7,10,14-15,20H,4-6,8-9,18H2,1H3;2*3H2,1-2H3. The first kappa shape index (κ1) is 21.8. The maximum absolute atomic E-state index is 9.78. The Balaban J connectivity index is 0.000000389. The second-order valence-corrected chi connectivity index (χ2v) is 8.03. The van der Waals surface area contributed by atoms with E-state index in [1.165, 1.54) is 18.4 Å². The molecule has 2 bridgehead atoms. The van der Waals surface area contributed by atoms with Gasteiger partial charge in [-0.3, -0.25) is 4.90 Å². The lowest BCUT2D eigenvalue weighted by atomic mass is 9.82. The van der Waals surface area contributed by atoms with Crippen LogP contribution in [0, 0.1) is 5.92 Å². The number of fused-ring (bicyclic) bond motifs is 6. The van der Waals surface area contributed by atoms with E-state index in [1.54, 1.807) is 6.07 Å². The molecule has 2 aromatic rings. The highest BCUT2D eigenvalue weighted by molar-refractivity contribution is 5.84. The molecule has 3 N–H and O–H groups in total. The molecular formula is C23H38N2O2. The van der Waals surface area contributed by atoms with Gasteiger partial charge in [0.25, 0.3) is 0 Å². The molecule has 27 heavy (non-hydrogen) atoms. The maximum Gasteiger partial charge on any atom is 0.134 e. The Morgan fingerprint density at radius 3 is 2.48 bits per heavy atom. The van der Waals surface area contributed by atoms with Crippen molar-refractivity contribution < 1.29 is 9.52 Å². The summed E-state index contributed by atoms with van der Waals surface area (Å²) in [4.78, 5) is 2.53. The number of phenols is 1. The minimum absolute atomic E-state index is 0.308. The van der Waals surface area contributed by atoms with Crippen LogP contribution in [0.2, 0.25) is 0 Å². The third kappa shape index (κ3) is 4.85. The largest absolute Gasteiger partial charge is 0.508 e. The minimum atomic E-state index is 0.308. The summed E-state index contributed by atoms with van der Waals surface area (Å²) in [5.74, 6) is 2.47. The zero-order valence-corrected chi connectivity index (χ0v) is 17.8. The smallest absolute Gasteiger partial charge is 0.134 e. The summed E-state index contributed by atoms with van der Waals surface area (Å²) in [5, 5.41) is 10.8. The lowest BCUT2D eigenvalue weighted by Crippen LogP contribution is -2.50. The number of phenolic OH excluding ortho intramolecular Hbond substituents is 1. The van der Waals surface area contributed by atoms with Crippen LogP contribution in [0.1, 0.15) is 71.1 Å². The van der Waals surface area contributed by atoms with Crippen LogP contribution in [0.5, 0.6) is 5.75 Å². The van der Waals surface area contributed by atoms with Gasteiger partial charge in [-0.05, 0) is 37.0 Å². The van der Waals surface area contributed by atoms with Gasteiger partial charge in [0.15, 0.2) is 0 Å². The van der Waals surface area contributed by atoms with Crippen molar-refractivity contribution in [3.05, 3.63) is 29.5 Å². The molecule has 1 aromatic carbocycles. The molecule has 4 rings (SSSR count). The number of benzene rings is 1. The second kappa shape index (κ2) is 10.1. The normalized spacial score (nSPS) is 26.1. The summed E-state index contributed by atoms with van der Waals surface area (Å²) < 4.78 is 6.20. The van der Waals surface area contributed by atoms with Gasteiger partial charge in [-0.2, -0.15) is 0 Å². The van der Waals surface area contributed by atoms with Crippen molar-refractivity contribution >= 4 is 11.0 Å². The number of furan rings is 1. The number of rotatable bonds is 1. The molecule has 152 valence electrons. The van der Waals surface area contributed by atoms with E-state index in [0.29, 0.717) is 30.2 Å². The van der Waals surface area contributed by atoms with Crippen molar-refractivity contribution in [1.82, 2.24) is 4.90 Å². The first-order valence-corrected chi connectivity index (χ1v) is 10.7. The summed E-state index contributed by atoms with van der Waals surface area (Å²) in [6, 6.07) is 5.79. The van der Waals surface area contributed by atoms with Crippen molar-refractivity contribution in [1.29, 1.82) is 0 Å². The molecular weight excluding hydrogens is 336 g/mol. The minimum Gasteiger partial charge on any atom is -0.508 e. The Bertz CT molecular complexity index is 708. The van der Waals surface area contributed by atoms with Gasteiger partial charge in [-0.15, -0.1) is 0 Å². The van der Waals surface area contributed by atoms with Crippen molar-refractivity contribution in [2.75, 3.05) is 19.6 Å². The SMILES string of the molecule is CC1CC2c3oc4ccc(O)cc4c3CCN(C1)C2CN.CCC.CCC. The molecule has 2 aliphatic rings. The zero-order chi connectivity index (χ0) is 20.0. The Labute approximate surface area is 164 Å². The monoisotopic (exact) mass is 374 g/mol. The number of aromatic hydroxyl groups is 1. The molecule has 1 fully saturated rings. The Hall–Kier alpha value is -1.52. The fraction of sp³-hybridized carbons (Fsp3) is 0.652. The Kier molecular flexibility index (Phi) is 8.18. The Morgan fingerprint density at radius 1 is 1.19 bits per heavy atom. The van der Waals surface area contributed by atoms with Crippen LogP contribution in [0.3, 0.4) is 0 Å². The molecule has 0 radical (unpaired) electrons. The summed E-state index contributed by atoms with van der Waals surface area (Å²) in [6.07, 6.45) is 4.61. The van der Waals surface area contributed by atoms with Crippen LogP contribution in [-0.2, 0) is 6.42 Å². The van der Waals surface area contributed by atoms with E-state index < -0.39 is 0 Å². The van der Waals surface area contributed by atoms with Gasteiger partial charge in [0.05, 0.1) is 0 Å². The summed E-state index contributed by atoms with van der Waals surface area (Å²) in [7, 11) is 0. The molecule has 1 saturated heterocycles. The van der Waals surface area contributed by atoms with Crippen molar-refractivity contribution in [3.63, 3.8) is 0 Å². The summed E-state index contributed by atoms with van der Waals surface area (Å²) >= 11 is 0.